The number of benzene rings is 1. The first-order valence-corrected chi connectivity index (χ1v) is 7.42. The quantitative estimate of drug-likeness (QED) is 0.754. The minimum atomic E-state index is 0.329. The standard InChI is InChI=1S/C14H15N5OS/c1-3-20-13-17-12(15-2)18-14(19-13)21-11-8-9-6-4-5-7-10(9)16-11/h4-8,16H,3H2,1-2H3,(H,15,17,18,19). The third-order valence-corrected chi connectivity index (χ3v) is 3.60. The molecule has 2 aromatic heterocycles. The number of ether oxygens (including phenoxy) is 1. The van der Waals surface area contributed by atoms with Gasteiger partial charge in [-0.15, -0.1) is 0 Å². The van der Waals surface area contributed by atoms with E-state index in [-0.39, 0.29) is 0 Å². The molecule has 0 bridgehead atoms. The molecule has 1 aromatic carbocycles. The van der Waals surface area contributed by atoms with Crippen LogP contribution in [0.3, 0.4) is 0 Å². The predicted octanol–water partition coefficient (Wildman–Crippen LogP) is 2.94. The summed E-state index contributed by atoms with van der Waals surface area (Å²) < 4.78 is 5.36. The van der Waals surface area contributed by atoms with Crippen LogP contribution in [0.15, 0.2) is 40.5 Å². The van der Waals surface area contributed by atoms with E-state index in [1.807, 2.05) is 25.1 Å². The molecule has 0 aliphatic heterocycles. The Morgan fingerprint density at radius 3 is 2.86 bits per heavy atom. The number of fused-ring (bicyclic) bond motifs is 1. The zero-order valence-corrected chi connectivity index (χ0v) is 12.6. The molecule has 0 saturated heterocycles. The van der Waals surface area contributed by atoms with Gasteiger partial charge in [-0.05, 0) is 30.8 Å². The number of aromatic nitrogens is 4. The molecule has 21 heavy (non-hydrogen) atoms. The van der Waals surface area contributed by atoms with Crippen LogP contribution in [0.2, 0.25) is 0 Å². The van der Waals surface area contributed by atoms with E-state index < -0.39 is 0 Å². The van der Waals surface area contributed by atoms with Gasteiger partial charge in [0.15, 0.2) is 0 Å². The smallest absolute Gasteiger partial charge is 0.322 e. The lowest BCUT2D eigenvalue weighted by Crippen LogP contribution is -2.04. The molecule has 0 aliphatic carbocycles. The maximum Gasteiger partial charge on any atom is 0.322 e. The molecule has 0 unspecified atom stereocenters. The minimum absolute atomic E-state index is 0.329. The van der Waals surface area contributed by atoms with Crippen molar-refractivity contribution >= 4 is 28.6 Å². The second-order valence-corrected chi connectivity index (χ2v) is 5.24. The van der Waals surface area contributed by atoms with E-state index in [4.69, 9.17) is 4.74 Å². The number of H-pyrrole nitrogens is 1. The Hall–Kier alpha value is -2.28. The number of hydrogen-bond acceptors (Lipinski definition) is 6. The molecule has 2 heterocycles. The second kappa shape index (κ2) is 6.01. The molecule has 0 amide bonds. The zero-order valence-electron chi connectivity index (χ0n) is 11.8. The number of hydrogen-bond donors (Lipinski definition) is 2. The fraction of sp³-hybridized carbons (Fsp3) is 0.214. The highest BCUT2D eigenvalue weighted by atomic mass is 32.2. The van der Waals surface area contributed by atoms with Crippen molar-refractivity contribution in [3.63, 3.8) is 0 Å². The van der Waals surface area contributed by atoms with Crippen LogP contribution in [0.1, 0.15) is 6.92 Å². The van der Waals surface area contributed by atoms with Gasteiger partial charge in [-0.3, -0.25) is 0 Å². The Balaban J connectivity index is 1.90. The first-order chi connectivity index (χ1) is 10.3. The van der Waals surface area contributed by atoms with E-state index in [1.54, 1.807) is 7.05 Å². The van der Waals surface area contributed by atoms with Gasteiger partial charge >= 0.3 is 6.01 Å². The van der Waals surface area contributed by atoms with Gasteiger partial charge in [0.05, 0.1) is 11.6 Å². The first kappa shape index (κ1) is 13.7. The number of nitrogens with zero attached hydrogens (tertiary/aromatic N) is 3. The van der Waals surface area contributed by atoms with Crippen molar-refractivity contribution in [2.75, 3.05) is 19.0 Å². The van der Waals surface area contributed by atoms with Crippen molar-refractivity contribution in [3.8, 4) is 6.01 Å². The third-order valence-electron chi connectivity index (χ3n) is 2.80. The SMILES string of the molecule is CCOc1nc(NC)nc(Sc2cc3ccccc3[nH]2)n1. The summed E-state index contributed by atoms with van der Waals surface area (Å²) >= 11 is 1.45. The summed E-state index contributed by atoms with van der Waals surface area (Å²) in [7, 11) is 1.77. The summed E-state index contributed by atoms with van der Waals surface area (Å²) in [6.45, 7) is 2.41. The number of aromatic amines is 1. The molecular formula is C14H15N5OS. The van der Waals surface area contributed by atoms with E-state index in [1.165, 1.54) is 11.8 Å². The molecule has 7 heteroatoms. The fourth-order valence-electron chi connectivity index (χ4n) is 1.89. The highest BCUT2D eigenvalue weighted by molar-refractivity contribution is 7.99. The highest BCUT2D eigenvalue weighted by Gasteiger charge is 2.09. The number of anilines is 1. The summed E-state index contributed by atoms with van der Waals surface area (Å²) in [6, 6.07) is 10.5. The summed E-state index contributed by atoms with van der Waals surface area (Å²) in [6.07, 6.45) is 0. The first-order valence-electron chi connectivity index (χ1n) is 6.60. The van der Waals surface area contributed by atoms with Gasteiger partial charge in [-0.2, -0.15) is 15.0 Å². The Kier molecular flexibility index (Phi) is 3.92. The molecular weight excluding hydrogens is 286 g/mol. The van der Waals surface area contributed by atoms with Gasteiger partial charge in [0.2, 0.25) is 11.1 Å². The average molecular weight is 301 g/mol. The highest BCUT2D eigenvalue weighted by Crippen LogP contribution is 2.28. The Labute approximate surface area is 126 Å². The molecule has 3 aromatic rings. The van der Waals surface area contributed by atoms with Crippen LogP contribution in [0.4, 0.5) is 5.95 Å². The van der Waals surface area contributed by atoms with Gasteiger partial charge in [0.1, 0.15) is 0 Å². The molecule has 0 spiro atoms. The lowest BCUT2D eigenvalue weighted by atomic mass is 10.3. The van der Waals surface area contributed by atoms with Crippen molar-refractivity contribution in [3.05, 3.63) is 30.3 Å². The van der Waals surface area contributed by atoms with E-state index in [0.717, 1.165) is 15.9 Å². The van der Waals surface area contributed by atoms with Crippen LogP contribution in [0.25, 0.3) is 10.9 Å². The molecule has 0 atom stereocenters. The van der Waals surface area contributed by atoms with Crippen LogP contribution >= 0.6 is 11.8 Å². The summed E-state index contributed by atoms with van der Waals surface area (Å²) in [4.78, 5) is 16.1. The van der Waals surface area contributed by atoms with Gasteiger partial charge in [-0.25, -0.2) is 0 Å². The number of rotatable bonds is 5. The molecule has 2 N–H and O–H groups in total. The summed E-state index contributed by atoms with van der Waals surface area (Å²) in [5, 5.41) is 5.64. The van der Waals surface area contributed by atoms with Crippen molar-refractivity contribution in [2.24, 2.45) is 0 Å². The summed E-state index contributed by atoms with van der Waals surface area (Å²) in [5.74, 6) is 0.493. The van der Waals surface area contributed by atoms with E-state index in [9.17, 15) is 0 Å². The van der Waals surface area contributed by atoms with Crippen molar-refractivity contribution in [1.29, 1.82) is 0 Å². The zero-order chi connectivity index (χ0) is 14.7. The van der Waals surface area contributed by atoms with E-state index in [2.05, 4.69) is 37.4 Å². The van der Waals surface area contributed by atoms with Crippen molar-refractivity contribution < 1.29 is 4.74 Å². The molecule has 3 rings (SSSR count). The average Bonchev–Trinajstić information content (AvgIpc) is 2.89. The third kappa shape index (κ3) is 3.08. The fourth-order valence-corrected chi connectivity index (χ4v) is 2.69. The van der Waals surface area contributed by atoms with Gasteiger partial charge < -0.3 is 15.0 Å². The second-order valence-electron chi connectivity index (χ2n) is 4.23. The van der Waals surface area contributed by atoms with Gasteiger partial charge in [-0.1, -0.05) is 18.2 Å². The maximum absolute atomic E-state index is 5.36. The van der Waals surface area contributed by atoms with Crippen LogP contribution < -0.4 is 10.1 Å². The molecule has 0 saturated carbocycles. The number of nitrogens with one attached hydrogen (secondary N) is 2. The maximum atomic E-state index is 5.36. The van der Waals surface area contributed by atoms with E-state index in [0.29, 0.717) is 23.7 Å². The van der Waals surface area contributed by atoms with E-state index >= 15 is 0 Å². The Bertz CT molecular complexity index is 725. The van der Waals surface area contributed by atoms with Crippen molar-refractivity contribution in [2.45, 2.75) is 17.1 Å². The minimum Gasteiger partial charge on any atom is -0.464 e. The lowest BCUT2D eigenvalue weighted by Gasteiger charge is -2.05. The molecule has 108 valence electrons. The molecule has 0 radical (unpaired) electrons. The molecule has 0 fully saturated rings. The normalized spacial score (nSPS) is 10.8. The monoisotopic (exact) mass is 301 g/mol. The van der Waals surface area contributed by atoms with Gasteiger partial charge in [0, 0.05) is 18.0 Å². The Morgan fingerprint density at radius 2 is 2.10 bits per heavy atom. The number of para-hydroxylation sites is 1. The lowest BCUT2D eigenvalue weighted by molar-refractivity contribution is 0.308. The molecule has 0 aliphatic rings. The topological polar surface area (TPSA) is 75.7 Å². The van der Waals surface area contributed by atoms with Crippen LogP contribution in [-0.2, 0) is 0 Å². The van der Waals surface area contributed by atoms with Crippen LogP contribution in [-0.4, -0.2) is 33.6 Å². The summed E-state index contributed by atoms with van der Waals surface area (Å²) in [5.41, 5.74) is 1.09. The predicted molar refractivity (Wildman–Crippen MR) is 83.0 cm³/mol. The largest absolute Gasteiger partial charge is 0.464 e. The Morgan fingerprint density at radius 1 is 1.24 bits per heavy atom. The van der Waals surface area contributed by atoms with Crippen LogP contribution in [0.5, 0.6) is 6.01 Å². The van der Waals surface area contributed by atoms with Crippen molar-refractivity contribution in [1.82, 2.24) is 19.9 Å². The van der Waals surface area contributed by atoms with Gasteiger partial charge in [0.25, 0.3) is 0 Å². The molecule has 6 nitrogen and oxygen atoms in total. The van der Waals surface area contributed by atoms with Crippen LogP contribution in [0, 0.1) is 0 Å².